The number of rotatable bonds is 3. The molecule has 2 N–H and O–H groups in total. The lowest BCUT2D eigenvalue weighted by molar-refractivity contribution is -0.142. The number of urea groups is 1. The van der Waals surface area contributed by atoms with Crippen LogP contribution in [0.15, 0.2) is 24.3 Å². The molecular weight excluding hydrogens is 277 g/mol. The minimum Gasteiger partial charge on any atom is -0.467 e. The topological polar surface area (TPSA) is 67.4 Å². The van der Waals surface area contributed by atoms with Gasteiger partial charge in [-0.1, -0.05) is 12.1 Å². The van der Waals surface area contributed by atoms with Gasteiger partial charge in [-0.3, -0.25) is 0 Å². The van der Waals surface area contributed by atoms with Crippen LogP contribution in [0.25, 0.3) is 0 Å². The molecular formula is C12H13F3N2O3. The molecule has 0 aliphatic heterocycles. The van der Waals surface area contributed by atoms with Gasteiger partial charge in [0.2, 0.25) is 0 Å². The van der Waals surface area contributed by atoms with Gasteiger partial charge in [-0.2, -0.15) is 13.2 Å². The van der Waals surface area contributed by atoms with Crippen molar-refractivity contribution in [2.24, 2.45) is 0 Å². The molecule has 8 heteroatoms. The largest absolute Gasteiger partial charge is 0.467 e. The lowest BCUT2D eigenvalue weighted by Gasteiger charge is -2.15. The number of methoxy groups -OCH3 is 1. The molecule has 0 fully saturated rings. The number of halogens is 3. The Bertz CT molecular complexity index is 503. The van der Waals surface area contributed by atoms with Gasteiger partial charge >= 0.3 is 18.2 Å². The Hall–Kier alpha value is -2.25. The van der Waals surface area contributed by atoms with Gasteiger partial charge < -0.3 is 15.4 Å². The standard InChI is InChI=1S/C12H13F3N2O3/c1-7(10(18)20-2)16-11(19)17-9-6-4-3-5-8(9)12(13,14)15/h3-7H,1-2H3,(H2,16,17,19)/t7-/m0/s1. The van der Waals surface area contributed by atoms with Gasteiger partial charge in [-0.25, -0.2) is 9.59 Å². The van der Waals surface area contributed by atoms with Gasteiger partial charge in [-0.05, 0) is 19.1 Å². The highest BCUT2D eigenvalue weighted by atomic mass is 19.4. The summed E-state index contributed by atoms with van der Waals surface area (Å²) >= 11 is 0. The zero-order chi connectivity index (χ0) is 15.3. The smallest absolute Gasteiger partial charge is 0.418 e. The van der Waals surface area contributed by atoms with Crippen LogP contribution in [-0.2, 0) is 15.7 Å². The van der Waals surface area contributed by atoms with Crippen LogP contribution in [0.4, 0.5) is 23.7 Å². The van der Waals surface area contributed by atoms with Crippen molar-refractivity contribution in [3.63, 3.8) is 0 Å². The number of benzene rings is 1. The van der Waals surface area contributed by atoms with Crippen molar-refractivity contribution in [2.75, 3.05) is 12.4 Å². The summed E-state index contributed by atoms with van der Waals surface area (Å²) in [7, 11) is 1.14. The predicted octanol–water partition coefficient (Wildman–Crippen LogP) is 2.39. The third-order valence-electron chi connectivity index (χ3n) is 2.38. The zero-order valence-corrected chi connectivity index (χ0v) is 10.7. The molecule has 0 radical (unpaired) electrons. The first-order valence-corrected chi connectivity index (χ1v) is 5.57. The van der Waals surface area contributed by atoms with E-state index >= 15 is 0 Å². The molecule has 5 nitrogen and oxygen atoms in total. The van der Waals surface area contributed by atoms with Crippen molar-refractivity contribution >= 4 is 17.7 Å². The zero-order valence-electron chi connectivity index (χ0n) is 10.7. The van der Waals surface area contributed by atoms with E-state index in [1.54, 1.807) is 0 Å². The van der Waals surface area contributed by atoms with E-state index in [4.69, 9.17) is 0 Å². The molecule has 0 aliphatic rings. The summed E-state index contributed by atoms with van der Waals surface area (Å²) in [5.41, 5.74) is -1.37. The summed E-state index contributed by atoms with van der Waals surface area (Å²) in [5.74, 6) is -0.704. The van der Waals surface area contributed by atoms with E-state index in [1.165, 1.54) is 19.1 Å². The van der Waals surface area contributed by atoms with E-state index < -0.39 is 35.5 Å². The van der Waals surface area contributed by atoms with E-state index in [2.05, 4.69) is 10.1 Å². The first-order valence-electron chi connectivity index (χ1n) is 5.57. The fourth-order valence-electron chi connectivity index (χ4n) is 1.43. The predicted molar refractivity (Wildman–Crippen MR) is 65.1 cm³/mol. The van der Waals surface area contributed by atoms with Gasteiger partial charge in [0, 0.05) is 0 Å². The van der Waals surface area contributed by atoms with Crippen LogP contribution in [0.1, 0.15) is 12.5 Å². The fraction of sp³-hybridized carbons (Fsp3) is 0.333. The quantitative estimate of drug-likeness (QED) is 0.840. The molecule has 1 rings (SSSR count). The Morgan fingerprint density at radius 3 is 2.40 bits per heavy atom. The van der Waals surface area contributed by atoms with Gasteiger partial charge in [0.05, 0.1) is 18.4 Å². The van der Waals surface area contributed by atoms with E-state index in [9.17, 15) is 22.8 Å². The van der Waals surface area contributed by atoms with Crippen molar-refractivity contribution in [2.45, 2.75) is 19.1 Å². The van der Waals surface area contributed by atoms with Gasteiger partial charge in [0.1, 0.15) is 6.04 Å². The van der Waals surface area contributed by atoms with Crippen LogP contribution in [0.5, 0.6) is 0 Å². The molecule has 0 aromatic heterocycles. The minimum absolute atomic E-state index is 0.394. The average Bonchev–Trinajstić information content (AvgIpc) is 2.36. The Morgan fingerprint density at radius 2 is 1.85 bits per heavy atom. The van der Waals surface area contributed by atoms with Crippen molar-refractivity contribution in [3.05, 3.63) is 29.8 Å². The molecule has 0 spiro atoms. The fourth-order valence-corrected chi connectivity index (χ4v) is 1.43. The molecule has 0 heterocycles. The Morgan fingerprint density at radius 1 is 1.25 bits per heavy atom. The number of carbonyl (C=O) groups excluding carboxylic acids is 2. The monoisotopic (exact) mass is 290 g/mol. The number of nitrogens with one attached hydrogen (secondary N) is 2. The second-order valence-corrected chi connectivity index (χ2v) is 3.89. The SMILES string of the molecule is COC(=O)[C@H](C)NC(=O)Nc1ccccc1C(F)(F)F. The highest BCUT2D eigenvalue weighted by Gasteiger charge is 2.33. The van der Waals surface area contributed by atoms with Crippen LogP contribution >= 0.6 is 0 Å². The molecule has 110 valence electrons. The number of carbonyl (C=O) groups is 2. The summed E-state index contributed by atoms with van der Waals surface area (Å²) in [6.45, 7) is 1.35. The first-order chi connectivity index (χ1) is 9.25. The molecule has 1 atom stereocenters. The summed E-state index contributed by atoms with van der Waals surface area (Å²) in [6.07, 6.45) is -4.59. The lowest BCUT2D eigenvalue weighted by atomic mass is 10.1. The Kier molecular flexibility index (Phi) is 4.95. The van der Waals surface area contributed by atoms with Crippen molar-refractivity contribution in [1.82, 2.24) is 5.32 Å². The number of esters is 1. The van der Waals surface area contributed by atoms with Crippen molar-refractivity contribution in [1.29, 1.82) is 0 Å². The molecule has 1 aromatic rings. The summed E-state index contributed by atoms with van der Waals surface area (Å²) in [5, 5.41) is 4.21. The van der Waals surface area contributed by atoms with Gasteiger partial charge in [-0.15, -0.1) is 0 Å². The van der Waals surface area contributed by atoms with E-state index in [1.807, 2.05) is 5.32 Å². The summed E-state index contributed by atoms with van der Waals surface area (Å²) < 4.78 is 42.5. The molecule has 0 saturated heterocycles. The van der Waals surface area contributed by atoms with Crippen LogP contribution in [0.3, 0.4) is 0 Å². The molecule has 0 saturated carbocycles. The maximum Gasteiger partial charge on any atom is 0.418 e. The molecule has 2 amide bonds. The van der Waals surface area contributed by atoms with Gasteiger partial charge in [0.15, 0.2) is 0 Å². The van der Waals surface area contributed by atoms with E-state index in [-0.39, 0.29) is 0 Å². The molecule has 0 aliphatic carbocycles. The number of hydrogen-bond donors (Lipinski definition) is 2. The highest BCUT2D eigenvalue weighted by molar-refractivity contribution is 5.93. The maximum absolute atomic E-state index is 12.7. The third-order valence-corrected chi connectivity index (χ3v) is 2.38. The molecule has 1 aromatic carbocycles. The number of hydrogen-bond acceptors (Lipinski definition) is 3. The van der Waals surface area contributed by atoms with Crippen molar-refractivity contribution in [3.8, 4) is 0 Å². The minimum atomic E-state index is -4.59. The number of ether oxygens (including phenoxy) is 1. The van der Waals surface area contributed by atoms with E-state index in [0.29, 0.717) is 0 Å². The van der Waals surface area contributed by atoms with Crippen LogP contribution in [0, 0.1) is 0 Å². The molecule has 20 heavy (non-hydrogen) atoms. The normalized spacial score (nSPS) is 12.4. The number of amides is 2. The van der Waals surface area contributed by atoms with Crippen LogP contribution in [-0.4, -0.2) is 25.2 Å². The highest BCUT2D eigenvalue weighted by Crippen LogP contribution is 2.34. The number of anilines is 1. The maximum atomic E-state index is 12.7. The average molecular weight is 290 g/mol. The van der Waals surface area contributed by atoms with Crippen LogP contribution in [0.2, 0.25) is 0 Å². The van der Waals surface area contributed by atoms with Gasteiger partial charge in [0.25, 0.3) is 0 Å². The summed E-state index contributed by atoms with van der Waals surface area (Å²) in [6, 6.07) is 2.62. The lowest BCUT2D eigenvalue weighted by Crippen LogP contribution is -2.41. The van der Waals surface area contributed by atoms with Crippen LogP contribution < -0.4 is 10.6 Å². The first kappa shape index (κ1) is 15.8. The number of alkyl halides is 3. The number of para-hydroxylation sites is 1. The second-order valence-electron chi connectivity index (χ2n) is 3.89. The molecule has 0 unspecified atom stereocenters. The van der Waals surface area contributed by atoms with Crippen molar-refractivity contribution < 1.29 is 27.5 Å². The Labute approximate surface area is 113 Å². The second kappa shape index (κ2) is 6.27. The third kappa shape index (κ3) is 4.15. The molecule has 0 bridgehead atoms. The van der Waals surface area contributed by atoms with E-state index in [0.717, 1.165) is 19.2 Å². The Balaban J connectivity index is 2.79. The summed E-state index contributed by atoms with van der Waals surface area (Å²) in [4.78, 5) is 22.6.